The van der Waals surface area contributed by atoms with Gasteiger partial charge in [-0.3, -0.25) is 0 Å². The molecule has 3 atom stereocenters. The van der Waals surface area contributed by atoms with E-state index in [9.17, 15) is 5.11 Å². The largest absolute Gasteiger partial charge is 0.393 e. The fraction of sp³-hybridized carbons (Fsp3) is 0.714. The van der Waals surface area contributed by atoms with Crippen molar-refractivity contribution in [2.45, 2.75) is 46.3 Å². The summed E-state index contributed by atoms with van der Waals surface area (Å²) in [5, 5.41) is 18.0. The molecule has 1 aliphatic rings. The zero-order valence-electron chi connectivity index (χ0n) is 12.7. The number of nitrogens with two attached hydrogens (primary N) is 1. The Bertz CT molecular complexity index is 650. The van der Waals surface area contributed by atoms with Gasteiger partial charge < -0.3 is 10.8 Å². The van der Waals surface area contributed by atoms with E-state index >= 15 is 0 Å². The van der Waals surface area contributed by atoms with E-state index in [4.69, 9.17) is 5.73 Å². The Balaban J connectivity index is 1.70. The lowest BCUT2D eigenvalue weighted by atomic mass is 9.52. The van der Waals surface area contributed by atoms with Crippen LogP contribution in [-0.4, -0.2) is 36.2 Å². The lowest BCUT2D eigenvalue weighted by Gasteiger charge is -2.54. The maximum absolute atomic E-state index is 9.79. The Kier molecular flexibility index (Phi) is 3.32. The highest BCUT2D eigenvalue weighted by atomic mass is 16.3. The van der Waals surface area contributed by atoms with Crippen LogP contribution in [0.1, 0.15) is 33.6 Å². The molecule has 1 saturated carbocycles. The highest BCUT2D eigenvalue weighted by Crippen LogP contribution is 2.54. The van der Waals surface area contributed by atoms with Gasteiger partial charge in [-0.05, 0) is 37.0 Å². The number of aryl methyl sites for hydroxylation is 1. The third-order valence-electron chi connectivity index (χ3n) is 5.15. The molecule has 7 nitrogen and oxygen atoms in total. The molecule has 2 aromatic heterocycles. The van der Waals surface area contributed by atoms with Gasteiger partial charge in [0.25, 0.3) is 0 Å². The summed E-state index contributed by atoms with van der Waals surface area (Å²) in [6.45, 7) is 7.11. The van der Waals surface area contributed by atoms with Gasteiger partial charge in [0.05, 0.1) is 6.10 Å². The third kappa shape index (κ3) is 2.25. The quantitative estimate of drug-likeness (QED) is 0.878. The molecule has 0 aromatic carbocycles. The highest BCUT2D eigenvalue weighted by Gasteiger charge is 2.49. The number of hydrogen-bond acceptors (Lipinski definition) is 6. The number of nitrogen functional groups attached to an aromatic ring is 1. The van der Waals surface area contributed by atoms with Crippen LogP contribution in [0.3, 0.4) is 0 Å². The molecule has 7 heteroatoms. The lowest BCUT2D eigenvalue weighted by molar-refractivity contribution is -0.0920. The number of rotatable bonds is 4. The average molecular weight is 290 g/mol. The number of nitrogens with zero attached hydrogens (tertiary/aromatic N) is 5. The molecule has 0 unspecified atom stereocenters. The van der Waals surface area contributed by atoms with E-state index in [0.29, 0.717) is 28.8 Å². The zero-order valence-corrected chi connectivity index (χ0v) is 12.7. The third-order valence-corrected chi connectivity index (χ3v) is 5.15. The minimum absolute atomic E-state index is 0.165. The van der Waals surface area contributed by atoms with Crippen LogP contribution >= 0.6 is 0 Å². The molecule has 1 aliphatic carbocycles. The van der Waals surface area contributed by atoms with E-state index in [1.807, 2.05) is 6.92 Å². The van der Waals surface area contributed by atoms with Crippen molar-refractivity contribution >= 4 is 17.0 Å². The first-order valence-corrected chi connectivity index (χ1v) is 7.39. The Labute approximate surface area is 123 Å². The first-order valence-electron chi connectivity index (χ1n) is 7.39. The lowest BCUT2D eigenvalue weighted by Crippen LogP contribution is -2.49. The summed E-state index contributed by atoms with van der Waals surface area (Å²) in [7, 11) is 0. The molecule has 0 bridgehead atoms. The molecule has 21 heavy (non-hydrogen) atoms. The van der Waals surface area contributed by atoms with Crippen LogP contribution in [0.4, 0.5) is 5.82 Å². The van der Waals surface area contributed by atoms with Crippen molar-refractivity contribution < 1.29 is 5.11 Å². The van der Waals surface area contributed by atoms with Crippen molar-refractivity contribution in [1.82, 2.24) is 25.0 Å². The fourth-order valence-electron chi connectivity index (χ4n) is 3.60. The maximum atomic E-state index is 9.79. The van der Waals surface area contributed by atoms with Gasteiger partial charge in [-0.1, -0.05) is 19.1 Å². The molecule has 3 N–H and O–H groups in total. The minimum Gasteiger partial charge on any atom is -0.393 e. The van der Waals surface area contributed by atoms with Crippen LogP contribution in [0.5, 0.6) is 0 Å². The second-order valence-corrected chi connectivity index (χ2v) is 6.63. The van der Waals surface area contributed by atoms with Gasteiger partial charge in [0.15, 0.2) is 17.0 Å². The SMILES string of the molecule is C[C@H](O)[C@@H]1C[C@H](CCn2nnc3c(N)ncnc32)C1(C)C. The van der Waals surface area contributed by atoms with Crippen LogP contribution in [0, 0.1) is 17.3 Å². The molecule has 0 radical (unpaired) electrons. The van der Waals surface area contributed by atoms with Crippen molar-refractivity contribution in [2.75, 3.05) is 5.73 Å². The molecule has 0 saturated heterocycles. The first-order chi connectivity index (χ1) is 9.91. The van der Waals surface area contributed by atoms with E-state index in [-0.39, 0.29) is 11.5 Å². The number of hydrogen-bond donors (Lipinski definition) is 2. The number of anilines is 1. The summed E-state index contributed by atoms with van der Waals surface area (Å²) in [5.41, 5.74) is 7.18. The van der Waals surface area contributed by atoms with Gasteiger partial charge in [-0.25, -0.2) is 14.6 Å². The molecule has 1 fully saturated rings. The van der Waals surface area contributed by atoms with Gasteiger partial charge >= 0.3 is 0 Å². The van der Waals surface area contributed by atoms with Gasteiger partial charge in [0.2, 0.25) is 0 Å². The van der Waals surface area contributed by atoms with Gasteiger partial charge in [0.1, 0.15) is 6.33 Å². The van der Waals surface area contributed by atoms with Crippen molar-refractivity contribution in [3.05, 3.63) is 6.33 Å². The summed E-state index contributed by atoms with van der Waals surface area (Å²) >= 11 is 0. The normalized spacial score (nSPS) is 25.7. The van der Waals surface area contributed by atoms with Crippen LogP contribution in [-0.2, 0) is 6.54 Å². The molecular weight excluding hydrogens is 268 g/mol. The summed E-state index contributed by atoms with van der Waals surface area (Å²) in [6, 6.07) is 0. The standard InChI is InChI=1S/C14H22N6O/c1-8(21)10-6-9(14(10,2)3)4-5-20-13-11(18-19-20)12(15)16-7-17-13/h7-10,21H,4-6H2,1-3H3,(H2,15,16,17)/t8-,9-,10-/m0/s1. The Morgan fingerprint density at radius 1 is 1.48 bits per heavy atom. The van der Waals surface area contributed by atoms with Gasteiger partial charge in [-0.2, -0.15) is 0 Å². The highest BCUT2D eigenvalue weighted by molar-refractivity contribution is 5.80. The molecule has 114 valence electrons. The number of aromatic nitrogens is 5. The second-order valence-electron chi connectivity index (χ2n) is 6.63. The van der Waals surface area contributed by atoms with Crippen LogP contribution in [0.25, 0.3) is 11.2 Å². The molecule has 0 spiro atoms. The second kappa shape index (κ2) is 4.91. The summed E-state index contributed by atoms with van der Waals surface area (Å²) in [6.07, 6.45) is 3.26. The Morgan fingerprint density at radius 2 is 2.24 bits per heavy atom. The van der Waals surface area contributed by atoms with Gasteiger partial charge in [0, 0.05) is 6.54 Å². The topological polar surface area (TPSA) is 103 Å². The van der Waals surface area contributed by atoms with E-state index in [2.05, 4.69) is 34.1 Å². The maximum Gasteiger partial charge on any atom is 0.183 e. The summed E-state index contributed by atoms with van der Waals surface area (Å²) < 4.78 is 1.79. The van der Waals surface area contributed by atoms with Crippen molar-refractivity contribution in [3.8, 4) is 0 Å². The van der Waals surface area contributed by atoms with Crippen molar-refractivity contribution in [3.63, 3.8) is 0 Å². The van der Waals surface area contributed by atoms with Crippen LogP contribution in [0.2, 0.25) is 0 Å². The predicted octanol–water partition coefficient (Wildman–Crippen LogP) is 1.24. The summed E-state index contributed by atoms with van der Waals surface area (Å²) in [5.74, 6) is 1.33. The summed E-state index contributed by atoms with van der Waals surface area (Å²) in [4.78, 5) is 8.13. The van der Waals surface area contributed by atoms with E-state index in [1.54, 1.807) is 4.68 Å². The molecule has 2 heterocycles. The van der Waals surface area contributed by atoms with Gasteiger partial charge in [-0.15, -0.1) is 5.10 Å². The Morgan fingerprint density at radius 3 is 2.90 bits per heavy atom. The minimum atomic E-state index is -0.240. The van der Waals surface area contributed by atoms with Crippen molar-refractivity contribution in [1.29, 1.82) is 0 Å². The van der Waals surface area contributed by atoms with E-state index in [1.165, 1.54) is 6.33 Å². The average Bonchev–Trinajstić information content (AvgIpc) is 2.82. The molecular formula is C14H22N6O. The molecule has 0 amide bonds. The van der Waals surface area contributed by atoms with Crippen LogP contribution in [0.15, 0.2) is 6.33 Å². The number of aliphatic hydroxyl groups excluding tert-OH is 1. The van der Waals surface area contributed by atoms with E-state index in [0.717, 1.165) is 19.4 Å². The molecule has 0 aliphatic heterocycles. The molecule has 2 aromatic rings. The van der Waals surface area contributed by atoms with E-state index < -0.39 is 0 Å². The monoisotopic (exact) mass is 290 g/mol. The Hall–Kier alpha value is -1.76. The molecule has 3 rings (SSSR count). The smallest absolute Gasteiger partial charge is 0.183 e. The fourth-order valence-corrected chi connectivity index (χ4v) is 3.60. The van der Waals surface area contributed by atoms with Crippen LogP contribution < -0.4 is 5.73 Å². The van der Waals surface area contributed by atoms with Crippen molar-refractivity contribution in [2.24, 2.45) is 17.3 Å². The number of aliphatic hydroxyl groups is 1. The first kappa shape index (κ1) is 14.2. The number of fused-ring (bicyclic) bond motifs is 1. The predicted molar refractivity (Wildman–Crippen MR) is 79.2 cm³/mol. The zero-order chi connectivity index (χ0) is 15.2.